The minimum atomic E-state index is -3.79. The Balaban J connectivity index is 1.59. The number of carbonyl (C=O) groups excluding carboxylic acids is 2. The lowest BCUT2D eigenvalue weighted by Gasteiger charge is -2.11. The molecule has 0 aliphatic carbocycles. The van der Waals surface area contributed by atoms with E-state index in [0.717, 1.165) is 11.9 Å². The number of hydrogen-bond acceptors (Lipinski definition) is 5. The molecule has 3 aromatic carbocycles. The third kappa shape index (κ3) is 5.49. The van der Waals surface area contributed by atoms with Crippen LogP contribution in [0.25, 0.3) is 11.0 Å². The lowest BCUT2D eigenvalue weighted by Crippen LogP contribution is -2.17. The van der Waals surface area contributed by atoms with Gasteiger partial charge in [-0.1, -0.05) is 31.2 Å². The van der Waals surface area contributed by atoms with Gasteiger partial charge in [-0.3, -0.25) is 19.6 Å². The van der Waals surface area contributed by atoms with Gasteiger partial charge in [-0.05, 0) is 55.0 Å². The lowest BCUT2D eigenvalue weighted by molar-refractivity contribution is -0.114. The molecule has 10 heteroatoms. The number of benzene rings is 3. The van der Waals surface area contributed by atoms with Crippen LogP contribution in [0.4, 0.5) is 17.3 Å². The quantitative estimate of drug-likeness (QED) is 0.336. The summed E-state index contributed by atoms with van der Waals surface area (Å²) in [7, 11) is -3.79. The van der Waals surface area contributed by atoms with Gasteiger partial charge in [0.25, 0.3) is 15.9 Å². The molecule has 0 atom stereocenters. The Labute approximate surface area is 203 Å². The molecule has 0 radical (unpaired) electrons. The van der Waals surface area contributed by atoms with E-state index in [2.05, 4.69) is 20.3 Å². The molecule has 0 spiro atoms. The van der Waals surface area contributed by atoms with E-state index in [0.29, 0.717) is 23.7 Å². The Morgan fingerprint density at radius 1 is 0.914 bits per heavy atom. The normalized spacial score (nSPS) is 11.3. The predicted molar refractivity (Wildman–Crippen MR) is 136 cm³/mol. The molecule has 0 fully saturated rings. The Kier molecular flexibility index (Phi) is 6.83. The first-order valence-corrected chi connectivity index (χ1v) is 12.5. The molecule has 2 amide bonds. The highest BCUT2D eigenvalue weighted by molar-refractivity contribution is 7.92. The highest BCUT2D eigenvalue weighted by Crippen LogP contribution is 2.25. The van der Waals surface area contributed by atoms with E-state index < -0.39 is 15.9 Å². The maximum absolute atomic E-state index is 13.0. The number of hydrogen-bond donors (Lipinski definition) is 3. The van der Waals surface area contributed by atoms with Crippen LogP contribution in [0.3, 0.4) is 0 Å². The van der Waals surface area contributed by atoms with Crippen LogP contribution < -0.4 is 15.4 Å². The summed E-state index contributed by atoms with van der Waals surface area (Å²) in [5, 5.41) is 5.59. The summed E-state index contributed by atoms with van der Waals surface area (Å²) in [5.74, 6) is -0.246. The van der Waals surface area contributed by atoms with E-state index in [-0.39, 0.29) is 22.1 Å². The number of carbonyl (C=O) groups is 2. The highest BCUT2D eigenvalue weighted by atomic mass is 32.2. The molecule has 0 bridgehead atoms. The number of imidazole rings is 1. The summed E-state index contributed by atoms with van der Waals surface area (Å²) in [5.41, 5.74) is 2.62. The standard InChI is InChI=1S/C25H25N5O4S/c1-3-14-30-23-16-19(26-17(2)31)12-13-22(23)27-25(30)28-24(32)18-8-7-9-20(15-18)29-35(33,34)21-10-5-4-6-11-21/h4-13,15-16,29H,3,14H2,1-2H3,(H,26,31)(H,27,28,32). The van der Waals surface area contributed by atoms with Crippen molar-refractivity contribution in [3.8, 4) is 0 Å². The fourth-order valence-corrected chi connectivity index (χ4v) is 4.73. The first kappa shape index (κ1) is 24.0. The summed E-state index contributed by atoms with van der Waals surface area (Å²) in [4.78, 5) is 29.1. The van der Waals surface area contributed by atoms with Crippen molar-refractivity contribution in [1.82, 2.24) is 9.55 Å². The van der Waals surface area contributed by atoms with Crippen LogP contribution in [0.15, 0.2) is 77.7 Å². The molecule has 1 aromatic heterocycles. The topological polar surface area (TPSA) is 122 Å². The maximum Gasteiger partial charge on any atom is 0.261 e. The van der Waals surface area contributed by atoms with E-state index in [1.54, 1.807) is 48.5 Å². The van der Waals surface area contributed by atoms with E-state index in [9.17, 15) is 18.0 Å². The molecule has 9 nitrogen and oxygen atoms in total. The maximum atomic E-state index is 13.0. The SMILES string of the molecule is CCCn1c(NC(=O)c2cccc(NS(=O)(=O)c3ccccc3)c2)nc2ccc(NC(C)=O)cc21. The number of rotatable bonds is 8. The highest BCUT2D eigenvalue weighted by Gasteiger charge is 2.17. The number of anilines is 3. The van der Waals surface area contributed by atoms with Gasteiger partial charge in [-0.2, -0.15) is 0 Å². The summed E-state index contributed by atoms with van der Waals surface area (Å²) < 4.78 is 29.6. The summed E-state index contributed by atoms with van der Waals surface area (Å²) >= 11 is 0. The summed E-state index contributed by atoms with van der Waals surface area (Å²) in [6.45, 7) is 4.05. The minimum Gasteiger partial charge on any atom is -0.326 e. The van der Waals surface area contributed by atoms with Crippen LogP contribution in [-0.4, -0.2) is 29.8 Å². The fourth-order valence-electron chi connectivity index (χ4n) is 3.66. The molecule has 0 unspecified atom stereocenters. The van der Waals surface area contributed by atoms with E-state index in [1.165, 1.54) is 25.1 Å². The van der Waals surface area contributed by atoms with Crippen molar-refractivity contribution in [2.24, 2.45) is 0 Å². The van der Waals surface area contributed by atoms with Crippen LogP contribution in [0.5, 0.6) is 0 Å². The van der Waals surface area contributed by atoms with Gasteiger partial charge in [-0.25, -0.2) is 13.4 Å². The molecule has 3 N–H and O–H groups in total. The number of nitrogens with one attached hydrogen (secondary N) is 3. The van der Waals surface area contributed by atoms with Crippen LogP contribution in [0.2, 0.25) is 0 Å². The second-order valence-electron chi connectivity index (χ2n) is 7.93. The monoisotopic (exact) mass is 491 g/mol. The van der Waals surface area contributed by atoms with Gasteiger partial charge in [0.15, 0.2) is 0 Å². The number of nitrogens with zero attached hydrogens (tertiary/aromatic N) is 2. The molecule has 4 aromatic rings. The molecule has 1 heterocycles. The van der Waals surface area contributed by atoms with Crippen LogP contribution in [0, 0.1) is 0 Å². The van der Waals surface area contributed by atoms with Crippen molar-refractivity contribution in [1.29, 1.82) is 0 Å². The second kappa shape index (κ2) is 9.98. The third-order valence-electron chi connectivity index (χ3n) is 5.17. The van der Waals surface area contributed by atoms with Crippen LogP contribution in [-0.2, 0) is 21.4 Å². The zero-order valence-corrected chi connectivity index (χ0v) is 20.1. The third-order valence-corrected chi connectivity index (χ3v) is 6.57. The van der Waals surface area contributed by atoms with Crippen molar-refractivity contribution in [3.63, 3.8) is 0 Å². The average Bonchev–Trinajstić information content (AvgIpc) is 3.15. The molecule has 0 aliphatic heterocycles. The summed E-state index contributed by atoms with van der Waals surface area (Å²) in [6, 6.07) is 19.6. The van der Waals surface area contributed by atoms with Crippen molar-refractivity contribution in [2.45, 2.75) is 31.7 Å². The largest absolute Gasteiger partial charge is 0.326 e. The Morgan fingerprint density at radius 3 is 2.40 bits per heavy atom. The predicted octanol–water partition coefficient (Wildman–Crippen LogP) is 4.46. The van der Waals surface area contributed by atoms with Gasteiger partial charge in [0, 0.05) is 30.4 Å². The minimum absolute atomic E-state index is 0.127. The fraction of sp³-hybridized carbons (Fsp3) is 0.160. The number of aryl methyl sites for hydroxylation is 1. The first-order valence-electron chi connectivity index (χ1n) is 11.0. The average molecular weight is 492 g/mol. The molecule has 0 aliphatic rings. The van der Waals surface area contributed by atoms with Crippen molar-refractivity contribution in [3.05, 3.63) is 78.4 Å². The van der Waals surface area contributed by atoms with Crippen molar-refractivity contribution >= 4 is 50.2 Å². The van der Waals surface area contributed by atoms with Gasteiger partial charge in [0.05, 0.1) is 15.9 Å². The number of aromatic nitrogens is 2. The molecule has 4 rings (SSSR count). The Hall–Kier alpha value is -4.18. The molecule has 0 saturated heterocycles. The van der Waals surface area contributed by atoms with Gasteiger partial charge in [0.1, 0.15) is 0 Å². The number of sulfonamides is 1. The van der Waals surface area contributed by atoms with Gasteiger partial charge in [0.2, 0.25) is 11.9 Å². The molecule has 0 saturated carbocycles. The van der Waals surface area contributed by atoms with E-state index >= 15 is 0 Å². The lowest BCUT2D eigenvalue weighted by atomic mass is 10.2. The van der Waals surface area contributed by atoms with Crippen LogP contribution >= 0.6 is 0 Å². The zero-order valence-electron chi connectivity index (χ0n) is 19.3. The second-order valence-corrected chi connectivity index (χ2v) is 9.61. The zero-order chi connectivity index (χ0) is 25.0. The Morgan fingerprint density at radius 2 is 1.69 bits per heavy atom. The number of amides is 2. The molecule has 35 heavy (non-hydrogen) atoms. The van der Waals surface area contributed by atoms with Gasteiger partial charge in [-0.15, -0.1) is 0 Å². The van der Waals surface area contributed by atoms with Gasteiger partial charge < -0.3 is 9.88 Å². The molecule has 180 valence electrons. The van der Waals surface area contributed by atoms with E-state index in [1.807, 2.05) is 17.6 Å². The van der Waals surface area contributed by atoms with Crippen LogP contribution in [0.1, 0.15) is 30.6 Å². The van der Waals surface area contributed by atoms with E-state index in [4.69, 9.17) is 0 Å². The molecular weight excluding hydrogens is 466 g/mol. The first-order chi connectivity index (χ1) is 16.8. The van der Waals surface area contributed by atoms with Crippen molar-refractivity contribution in [2.75, 3.05) is 15.4 Å². The molecular formula is C25H25N5O4S. The summed E-state index contributed by atoms with van der Waals surface area (Å²) in [6.07, 6.45) is 0.801. The smallest absolute Gasteiger partial charge is 0.261 e. The number of fused-ring (bicyclic) bond motifs is 1. The Bertz CT molecular complexity index is 1500. The van der Waals surface area contributed by atoms with Gasteiger partial charge >= 0.3 is 0 Å². The van der Waals surface area contributed by atoms with Crippen molar-refractivity contribution < 1.29 is 18.0 Å².